The van der Waals surface area contributed by atoms with Crippen molar-refractivity contribution >= 4 is 50.2 Å². The van der Waals surface area contributed by atoms with Crippen LogP contribution in [-0.4, -0.2) is 28.0 Å². The molecule has 4 aromatic carbocycles. The van der Waals surface area contributed by atoms with Gasteiger partial charge in [-0.05, 0) is 71.3 Å². The summed E-state index contributed by atoms with van der Waals surface area (Å²) >= 11 is 3.60. The van der Waals surface area contributed by atoms with Crippen LogP contribution >= 0.6 is 15.9 Å². The summed E-state index contributed by atoms with van der Waals surface area (Å²) in [6, 6.07) is 26.3. The fourth-order valence-corrected chi connectivity index (χ4v) is 5.59. The summed E-state index contributed by atoms with van der Waals surface area (Å²) in [5.41, 5.74) is 9.41. The maximum absolute atomic E-state index is 10.7. The Balaban J connectivity index is 1.14. The maximum Gasteiger partial charge on any atom is 0.142 e. The average molecular weight is 536 g/mol. The first-order valence-corrected chi connectivity index (χ1v) is 12.6. The molecule has 7 rings (SSSR count). The fourth-order valence-electron chi connectivity index (χ4n) is 5.18. The van der Waals surface area contributed by atoms with Crippen molar-refractivity contribution < 1.29 is 5.11 Å². The van der Waals surface area contributed by atoms with Crippen LogP contribution in [0.25, 0.3) is 22.4 Å². The van der Waals surface area contributed by atoms with Crippen LogP contribution in [0.1, 0.15) is 16.7 Å². The number of aromatic hydroxyl groups is 1. The molecule has 176 valence electrons. The highest BCUT2D eigenvalue weighted by molar-refractivity contribution is 9.10. The number of para-hydroxylation sites is 2. The zero-order valence-electron chi connectivity index (χ0n) is 19.3. The molecule has 5 aromatic rings. The third-order valence-corrected chi connectivity index (χ3v) is 7.37. The number of nitrogens with one attached hydrogen (secondary N) is 1. The number of anilines is 2. The number of hydrogen-bond donors (Lipinski definition) is 2. The van der Waals surface area contributed by atoms with Gasteiger partial charge in [0.2, 0.25) is 0 Å². The van der Waals surface area contributed by atoms with Gasteiger partial charge in [0.15, 0.2) is 0 Å². The molecule has 0 spiro atoms. The maximum atomic E-state index is 10.7. The van der Waals surface area contributed by atoms with Crippen LogP contribution in [0.4, 0.5) is 17.1 Å². The first-order valence-electron chi connectivity index (χ1n) is 11.8. The molecule has 2 aliphatic heterocycles. The van der Waals surface area contributed by atoms with E-state index in [2.05, 4.69) is 77.1 Å². The number of phenols is 1. The standard InChI is InChI=1S/C29H22BrN5O/c30-21-6-10-27-20(12-21)16-35-17-34(27)15-19-11-18(5-9-26(19)35)14-31-22-7-8-23(28(36)13-22)29-32-24-3-1-2-4-25(24)33-29/h1-14,36H,15-17H2,(H,32,33)/b31-14+. The number of nitrogens with zero attached hydrogens (tertiary/aromatic N) is 4. The molecular formula is C29H22BrN5O. The predicted molar refractivity (Wildman–Crippen MR) is 148 cm³/mol. The van der Waals surface area contributed by atoms with Crippen molar-refractivity contribution in [1.82, 2.24) is 9.97 Å². The smallest absolute Gasteiger partial charge is 0.142 e. The first-order chi connectivity index (χ1) is 17.6. The van der Waals surface area contributed by atoms with Crippen molar-refractivity contribution in [2.75, 3.05) is 16.5 Å². The Morgan fingerprint density at radius 1 is 0.889 bits per heavy atom. The zero-order chi connectivity index (χ0) is 24.2. The number of aromatic amines is 1. The van der Waals surface area contributed by atoms with E-state index in [1.807, 2.05) is 42.6 Å². The Labute approximate surface area is 216 Å². The minimum atomic E-state index is 0.146. The van der Waals surface area contributed by atoms with Gasteiger partial charge < -0.3 is 19.9 Å². The molecule has 0 radical (unpaired) electrons. The van der Waals surface area contributed by atoms with Gasteiger partial charge in [0.25, 0.3) is 0 Å². The summed E-state index contributed by atoms with van der Waals surface area (Å²) in [4.78, 5) is 17.3. The van der Waals surface area contributed by atoms with E-state index in [9.17, 15) is 5.11 Å². The van der Waals surface area contributed by atoms with Crippen LogP contribution in [-0.2, 0) is 13.1 Å². The van der Waals surface area contributed by atoms with Gasteiger partial charge in [0.1, 0.15) is 11.6 Å². The molecule has 0 atom stereocenters. The highest BCUT2D eigenvalue weighted by Crippen LogP contribution is 2.39. The van der Waals surface area contributed by atoms with E-state index in [0.717, 1.165) is 40.8 Å². The molecule has 1 aromatic heterocycles. The zero-order valence-corrected chi connectivity index (χ0v) is 20.9. The van der Waals surface area contributed by atoms with Crippen molar-refractivity contribution in [1.29, 1.82) is 0 Å². The predicted octanol–water partition coefficient (Wildman–Crippen LogP) is 6.75. The summed E-state index contributed by atoms with van der Waals surface area (Å²) in [6.07, 6.45) is 1.86. The summed E-state index contributed by atoms with van der Waals surface area (Å²) in [7, 11) is 0. The molecule has 2 N–H and O–H groups in total. The van der Waals surface area contributed by atoms with Crippen LogP contribution in [0.3, 0.4) is 0 Å². The van der Waals surface area contributed by atoms with E-state index >= 15 is 0 Å². The van der Waals surface area contributed by atoms with Crippen LogP contribution in [0.2, 0.25) is 0 Å². The number of aromatic nitrogens is 2. The third kappa shape index (κ3) is 3.63. The number of fused-ring (bicyclic) bond motifs is 7. The van der Waals surface area contributed by atoms with E-state index in [-0.39, 0.29) is 5.75 Å². The Morgan fingerprint density at radius 3 is 2.47 bits per heavy atom. The van der Waals surface area contributed by atoms with E-state index in [4.69, 9.17) is 0 Å². The molecular weight excluding hydrogens is 514 g/mol. The molecule has 0 saturated carbocycles. The van der Waals surface area contributed by atoms with Gasteiger partial charge >= 0.3 is 0 Å². The quantitative estimate of drug-likeness (QED) is 0.251. The largest absolute Gasteiger partial charge is 0.507 e. The van der Waals surface area contributed by atoms with Gasteiger partial charge in [-0.25, -0.2) is 4.98 Å². The molecule has 6 nitrogen and oxygen atoms in total. The number of H-pyrrole nitrogens is 1. The second-order valence-corrected chi connectivity index (χ2v) is 10.2. The monoisotopic (exact) mass is 535 g/mol. The summed E-state index contributed by atoms with van der Waals surface area (Å²) in [5.74, 6) is 0.788. The molecule has 0 amide bonds. The third-order valence-electron chi connectivity index (χ3n) is 6.88. The summed E-state index contributed by atoms with van der Waals surface area (Å²) < 4.78 is 1.12. The minimum absolute atomic E-state index is 0.146. The molecule has 3 heterocycles. The Morgan fingerprint density at radius 2 is 1.67 bits per heavy atom. The number of rotatable bonds is 3. The first kappa shape index (κ1) is 21.2. The Hall–Kier alpha value is -4.10. The number of aliphatic imine (C=N–C) groups is 1. The Bertz CT molecular complexity index is 1640. The number of halogens is 1. The molecule has 7 heteroatoms. The van der Waals surface area contributed by atoms with Gasteiger partial charge in [-0.3, -0.25) is 4.99 Å². The Kier molecular flexibility index (Phi) is 4.85. The second kappa shape index (κ2) is 8.24. The molecule has 0 aliphatic carbocycles. The van der Waals surface area contributed by atoms with Gasteiger partial charge in [0.05, 0.1) is 29.0 Å². The van der Waals surface area contributed by atoms with Crippen LogP contribution in [0.5, 0.6) is 5.75 Å². The number of benzene rings is 4. The molecule has 0 saturated heterocycles. The highest BCUT2D eigenvalue weighted by atomic mass is 79.9. The van der Waals surface area contributed by atoms with Crippen LogP contribution in [0, 0.1) is 0 Å². The van der Waals surface area contributed by atoms with Gasteiger partial charge in [-0.2, -0.15) is 0 Å². The van der Waals surface area contributed by atoms with Crippen molar-refractivity contribution in [2.45, 2.75) is 13.1 Å². The molecule has 0 unspecified atom stereocenters. The van der Waals surface area contributed by atoms with Crippen LogP contribution < -0.4 is 9.80 Å². The van der Waals surface area contributed by atoms with E-state index in [1.54, 1.807) is 6.07 Å². The molecule has 2 aliphatic rings. The van der Waals surface area contributed by atoms with Crippen molar-refractivity contribution in [3.63, 3.8) is 0 Å². The molecule has 0 fully saturated rings. The lowest BCUT2D eigenvalue weighted by atomic mass is 10.0. The average Bonchev–Trinajstić information content (AvgIpc) is 3.31. The number of phenolic OH excluding ortho intramolecular Hbond substituents is 1. The van der Waals surface area contributed by atoms with Crippen molar-refractivity contribution in [3.05, 3.63) is 100 Å². The lowest BCUT2D eigenvalue weighted by molar-refractivity contribution is 0.477. The lowest BCUT2D eigenvalue weighted by Crippen LogP contribution is -2.46. The SMILES string of the molecule is Oc1cc(/N=C/c2ccc3c(c2)CN2CN3Cc3cc(Br)ccc32)ccc1-c1nc2ccccc2[nH]1. The normalized spacial score (nSPS) is 14.4. The van der Waals surface area contributed by atoms with Gasteiger partial charge in [-0.1, -0.05) is 34.1 Å². The fraction of sp³-hybridized carbons (Fsp3) is 0.103. The van der Waals surface area contributed by atoms with Gasteiger partial charge in [-0.15, -0.1) is 0 Å². The number of imidazole rings is 1. The van der Waals surface area contributed by atoms with Crippen molar-refractivity contribution in [2.24, 2.45) is 4.99 Å². The van der Waals surface area contributed by atoms with E-state index in [0.29, 0.717) is 17.1 Å². The molecule has 36 heavy (non-hydrogen) atoms. The topological polar surface area (TPSA) is 67.8 Å². The second-order valence-electron chi connectivity index (χ2n) is 9.26. The number of hydrogen-bond acceptors (Lipinski definition) is 5. The minimum Gasteiger partial charge on any atom is -0.507 e. The highest BCUT2D eigenvalue weighted by Gasteiger charge is 2.29. The van der Waals surface area contributed by atoms with Crippen LogP contribution in [0.15, 0.2) is 88.3 Å². The van der Waals surface area contributed by atoms with Gasteiger partial charge in [0, 0.05) is 41.2 Å². The van der Waals surface area contributed by atoms with E-state index in [1.165, 1.54) is 22.5 Å². The van der Waals surface area contributed by atoms with E-state index < -0.39 is 0 Å². The summed E-state index contributed by atoms with van der Waals surface area (Å²) in [5, 5.41) is 10.7. The summed E-state index contributed by atoms with van der Waals surface area (Å²) in [6.45, 7) is 2.68. The van der Waals surface area contributed by atoms with Crippen molar-refractivity contribution in [3.8, 4) is 17.1 Å². The lowest BCUT2D eigenvalue weighted by Gasteiger charge is -2.44. The molecule has 2 bridgehead atoms.